The minimum absolute atomic E-state index is 0.126. The lowest BCUT2D eigenvalue weighted by Gasteiger charge is -2.37. The van der Waals surface area contributed by atoms with E-state index >= 15 is 0 Å². The van der Waals surface area contributed by atoms with Crippen LogP contribution in [0, 0.1) is 0 Å². The average Bonchev–Trinajstić information content (AvgIpc) is 2.59. The number of hydrogen-bond acceptors (Lipinski definition) is 6. The van der Waals surface area contributed by atoms with Crippen molar-refractivity contribution in [1.82, 2.24) is 0 Å². The Morgan fingerprint density at radius 3 is 2.41 bits per heavy atom. The van der Waals surface area contributed by atoms with Crippen LogP contribution in [0.15, 0.2) is 30.3 Å². The highest BCUT2D eigenvalue weighted by molar-refractivity contribution is 7.95. The molecular weight excluding hydrogens is 380 g/mol. The summed E-state index contributed by atoms with van der Waals surface area (Å²) >= 11 is 1.09. The molecule has 0 heterocycles. The quantitative estimate of drug-likeness (QED) is 0.278. The van der Waals surface area contributed by atoms with Crippen molar-refractivity contribution in [2.24, 2.45) is 0 Å². The van der Waals surface area contributed by atoms with Crippen molar-refractivity contribution in [2.45, 2.75) is 58.5 Å². The molecule has 5 nitrogen and oxygen atoms in total. The monoisotopic (exact) mass is 414 g/mol. The number of ether oxygens (including phenoxy) is 2. The molecule has 1 rings (SSSR count). The first-order chi connectivity index (χ1) is 12.7. The number of esters is 1. The molecule has 1 atom stereocenters. The predicted molar refractivity (Wildman–Crippen MR) is 113 cm³/mol. The summed E-state index contributed by atoms with van der Waals surface area (Å²) in [5.41, 5.74) is 1.11. The molecule has 0 aliphatic heterocycles. The van der Waals surface area contributed by atoms with Crippen LogP contribution in [0.5, 0.6) is 0 Å². The fraction of sp³-hybridized carbons (Fsp3) is 0.650. The topological polar surface area (TPSA) is 54.0 Å². The van der Waals surface area contributed by atoms with Crippen LogP contribution in [0.4, 0.5) is 0 Å². The van der Waals surface area contributed by atoms with Gasteiger partial charge < -0.3 is 18.1 Å². The summed E-state index contributed by atoms with van der Waals surface area (Å²) in [5.74, 6) is -0.125. The van der Waals surface area contributed by atoms with Crippen LogP contribution < -0.4 is 0 Å². The molecule has 0 amide bonds. The zero-order chi connectivity index (χ0) is 20.3. The summed E-state index contributed by atoms with van der Waals surface area (Å²) in [4.78, 5) is 11.5. The standard InChI is InChI=1S/C20H34O5SSi/c1-7-23-19(21)16-26-25-18(15-24-27(5,6)20(2,3)4)14-22-13-17-11-9-8-10-12-17/h8-12,18H,7,13-16H2,1-6H3. The number of benzene rings is 1. The van der Waals surface area contributed by atoms with E-state index in [0.717, 1.165) is 17.6 Å². The highest BCUT2D eigenvalue weighted by Gasteiger charge is 2.37. The zero-order valence-corrected chi connectivity index (χ0v) is 19.3. The SMILES string of the molecule is CCOC(=O)CSOC(COCc1ccccc1)CO[Si](C)(C)C(C)(C)C. The highest BCUT2D eigenvalue weighted by atomic mass is 32.2. The molecule has 1 aromatic carbocycles. The summed E-state index contributed by atoms with van der Waals surface area (Å²) in [7, 11) is -1.88. The third kappa shape index (κ3) is 9.76. The molecule has 0 saturated carbocycles. The minimum atomic E-state index is -1.88. The molecule has 27 heavy (non-hydrogen) atoms. The van der Waals surface area contributed by atoms with Crippen LogP contribution in [-0.4, -0.2) is 46.0 Å². The second-order valence-electron chi connectivity index (χ2n) is 7.86. The molecule has 1 aromatic rings. The van der Waals surface area contributed by atoms with Gasteiger partial charge in [-0.3, -0.25) is 4.79 Å². The largest absolute Gasteiger partial charge is 0.465 e. The van der Waals surface area contributed by atoms with E-state index in [1.165, 1.54) is 0 Å². The van der Waals surface area contributed by atoms with E-state index in [4.69, 9.17) is 18.1 Å². The summed E-state index contributed by atoms with van der Waals surface area (Å²) in [6.07, 6.45) is -0.248. The Kier molecular flexibility index (Phi) is 10.6. The lowest BCUT2D eigenvalue weighted by Crippen LogP contribution is -2.43. The summed E-state index contributed by atoms with van der Waals surface area (Å²) in [6.45, 7) is 14.6. The molecule has 0 radical (unpaired) electrons. The lowest BCUT2D eigenvalue weighted by molar-refractivity contribution is -0.139. The predicted octanol–water partition coefficient (Wildman–Crippen LogP) is 4.82. The third-order valence-corrected chi connectivity index (χ3v) is 9.80. The molecule has 0 N–H and O–H groups in total. The number of carbonyl (C=O) groups excluding carboxylic acids is 1. The van der Waals surface area contributed by atoms with Crippen molar-refractivity contribution in [2.75, 3.05) is 25.6 Å². The lowest BCUT2D eigenvalue weighted by atomic mass is 10.2. The number of rotatable bonds is 12. The van der Waals surface area contributed by atoms with Gasteiger partial charge in [-0.1, -0.05) is 51.1 Å². The number of carbonyl (C=O) groups is 1. The van der Waals surface area contributed by atoms with Gasteiger partial charge in [-0.25, -0.2) is 0 Å². The maximum atomic E-state index is 11.5. The molecule has 1 unspecified atom stereocenters. The Balaban J connectivity index is 2.52. The van der Waals surface area contributed by atoms with E-state index in [0.29, 0.717) is 26.4 Å². The van der Waals surface area contributed by atoms with Gasteiger partial charge in [0.15, 0.2) is 8.32 Å². The van der Waals surface area contributed by atoms with E-state index in [2.05, 4.69) is 33.9 Å². The molecule has 0 aliphatic rings. The van der Waals surface area contributed by atoms with E-state index < -0.39 is 8.32 Å². The van der Waals surface area contributed by atoms with Crippen molar-refractivity contribution in [3.05, 3.63) is 35.9 Å². The Bertz CT molecular complexity index is 545. The average molecular weight is 415 g/mol. The van der Waals surface area contributed by atoms with E-state index in [9.17, 15) is 4.79 Å². The van der Waals surface area contributed by atoms with E-state index in [-0.39, 0.29) is 22.9 Å². The fourth-order valence-corrected chi connectivity index (χ4v) is 3.47. The zero-order valence-electron chi connectivity index (χ0n) is 17.4. The first-order valence-electron chi connectivity index (χ1n) is 9.35. The van der Waals surface area contributed by atoms with Crippen LogP contribution in [-0.2, 0) is 29.5 Å². The van der Waals surface area contributed by atoms with Gasteiger partial charge in [-0.2, -0.15) is 0 Å². The Morgan fingerprint density at radius 2 is 1.81 bits per heavy atom. The van der Waals surface area contributed by atoms with Gasteiger partial charge in [0.1, 0.15) is 11.9 Å². The third-order valence-electron chi connectivity index (χ3n) is 4.54. The molecule has 0 aromatic heterocycles. The maximum Gasteiger partial charge on any atom is 0.318 e. The van der Waals surface area contributed by atoms with Crippen molar-refractivity contribution in [3.63, 3.8) is 0 Å². The summed E-state index contributed by atoms with van der Waals surface area (Å²) < 4.78 is 22.8. The smallest absolute Gasteiger partial charge is 0.318 e. The maximum absolute atomic E-state index is 11.5. The number of hydrogen-bond donors (Lipinski definition) is 0. The van der Waals surface area contributed by atoms with Crippen molar-refractivity contribution < 1.29 is 22.9 Å². The molecule has 0 fully saturated rings. The second-order valence-corrected chi connectivity index (χ2v) is 13.4. The molecule has 7 heteroatoms. The van der Waals surface area contributed by atoms with E-state index in [1.54, 1.807) is 6.92 Å². The summed E-state index contributed by atoms with van der Waals surface area (Å²) in [6, 6.07) is 10.0. The molecule has 154 valence electrons. The van der Waals surface area contributed by atoms with Crippen molar-refractivity contribution >= 4 is 26.3 Å². The highest BCUT2D eigenvalue weighted by Crippen LogP contribution is 2.36. The van der Waals surface area contributed by atoms with Gasteiger partial charge in [0.25, 0.3) is 0 Å². The Hall–Kier alpha value is -0.863. The normalized spacial score (nSPS) is 13.4. The van der Waals surface area contributed by atoms with Crippen LogP contribution >= 0.6 is 12.0 Å². The van der Waals surface area contributed by atoms with Gasteiger partial charge in [-0.15, -0.1) is 0 Å². The van der Waals surface area contributed by atoms with Crippen LogP contribution in [0.2, 0.25) is 18.1 Å². The van der Waals surface area contributed by atoms with Gasteiger partial charge in [-0.05, 0) is 30.6 Å². The molecular formula is C20H34O5SSi. The molecule has 0 spiro atoms. The van der Waals surface area contributed by atoms with Crippen LogP contribution in [0.3, 0.4) is 0 Å². The summed E-state index contributed by atoms with van der Waals surface area (Å²) in [5, 5.41) is 0.126. The van der Waals surface area contributed by atoms with Crippen LogP contribution in [0.1, 0.15) is 33.3 Å². The van der Waals surface area contributed by atoms with Gasteiger partial charge in [0.2, 0.25) is 0 Å². The molecule has 0 bridgehead atoms. The first kappa shape index (κ1) is 24.2. The Morgan fingerprint density at radius 1 is 1.15 bits per heavy atom. The van der Waals surface area contributed by atoms with Gasteiger partial charge in [0, 0.05) is 12.0 Å². The first-order valence-corrected chi connectivity index (χ1v) is 13.2. The minimum Gasteiger partial charge on any atom is -0.465 e. The molecule has 0 saturated heterocycles. The second kappa shape index (κ2) is 11.9. The molecule has 0 aliphatic carbocycles. The van der Waals surface area contributed by atoms with E-state index in [1.807, 2.05) is 30.3 Å². The fourth-order valence-electron chi connectivity index (χ4n) is 1.88. The van der Waals surface area contributed by atoms with Gasteiger partial charge >= 0.3 is 5.97 Å². The van der Waals surface area contributed by atoms with Gasteiger partial charge in [0.05, 0.1) is 26.4 Å². The van der Waals surface area contributed by atoms with Crippen molar-refractivity contribution in [1.29, 1.82) is 0 Å². The van der Waals surface area contributed by atoms with Crippen molar-refractivity contribution in [3.8, 4) is 0 Å². The Labute approximate surface area is 169 Å². The van der Waals surface area contributed by atoms with Crippen LogP contribution in [0.25, 0.3) is 0 Å².